The molecule has 0 spiro atoms. The second-order valence-electron chi connectivity index (χ2n) is 4.87. The Labute approximate surface area is 113 Å². The molecule has 0 unspecified atom stereocenters. The highest BCUT2D eigenvalue weighted by Gasteiger charge is 2.25. The van der Waals surface area contributed by atoms with E-state index >= 15 is 0 Å². The van der Waals surface area contributed by atoms with Crippen molar-refractivity contribution < 1.29 is 9.53 Å². The minimum Gasteiger partial charge on any atom is -0.480 e. The van der Waals surface area contributed by atoms with Crippen LogP contribution in [0, 0.1) is 5.92 Å². The minimum atomic E-state index is 0.0103. The molecule has 2 rings (SSSR count). The predicted molar refractivity (Wildman–Crippen MR) is 73.1 cm³/mol. The fourth-order valence-electron chi connectivity index (χ4n) is 2.55. The van der Waals surface area contributed by atoms with Crippen molar-refractivity contribution >= 4 is 5.91 Å². The number of nitrogens with zero attached hydrogens (tertiary/aromatic N) is 2. The smallest absolute Gasteiger partial charge is 0.259 e. The molecule has 5 heteroatoms. The normalized spacial score (nSPS) is 16.4. The molecular weight excluding hydrogens is 242 g/mol. The van der Waals surface area contributed by atoms with E-state index in [-0.39, 0.29) is 5.91 Å². The third kappa shape index (κ3) is 3.23. The summed E-state index contributed by atoms with van der Waals surface area (Å²) in [5.74, 6) is 1.07. The number of nitrogens with two attached hydrogens (primary N) is 1. The van der Waals surface area contributed by atoms with Gasteiger partial charge in [-0.1, -0.05) is 0 Å². The number of rotatable bonds is 4. The highest BCUT2D eigenvalue weighted by atomic mass is 16.5. The van der Waals surface area contributed by atoms with Gasteiger partial charge in [-0.3, -0.25) is 4.79 Å². The Hall–Kier alpha value is -1.62. The summed E-state index contributed by atoms with van der Waals surface area (Å²) in [7, 11) is 1.53. The van der Waals surface area contributed by atoms with Crippen LogP contribution >= 0.6 is 0 Å². The first kappa shape index (κ1) is 13.8. The first-order valence-corrected chi connectivity index (χ1v) is 6.74. The molecule has 0 bridgehead atoms. The molecule has 1 fully saturated rings. The molecular formula is C14H21N3O2. The molecule has 0 saturated carbocycles. The number of hydrogen-bond acceptors (Lipinski definition) is 4. The molecule has 1 amide bonds. The van der Waals surface area contributed by atoms with Crippen molar-refractivity contribution in [3.05, 3.63) is 23.9 Å². The lowest BCUT2D eigenvalue weighted by Gasteiger charge is -2.32. The van der Waals surface area contributed by atoms with Crippen LogP contribution in [0.5, 0.6) is 5.88 Å². The number of carbonyl (C=O) groups excluding carboxylic acids is 1. The van der Waals surface area contributed by atoms with Gasteiger partial charge in [0.25, 0.3) is 5.91 Å². The van der Waals surface area contributed by atoms with Crippen LogP contribution in [0.15, 0.2) is 18.3 Å². The second-order valence-corrected chi connectivity index (χ2v) is 4.87. The summed E-state index contributed by atoms with van der Waals surface area (Å²) < 4.78 is 5.14. The van der Waals surface area contributed by atoms with Gasteiger partial charge in [0, 0.05) is 19.3 Å². The first-order chi connectivity index (χ1) is 9.26. The number of amides is 1. The molecule has 1 aliphatic heterocycles. The number of piperidine rings is 1. The molecule has 104 valence electrons. The fraction of sp³-hybridized carbons (Fsp3) is 0.571. The van der Waals surface area contributed by atoms with Crippen molar-refractivity contribution in [2.24, 2.45) is 11.7 Å². The monoisotopic (exact) mass is 263 g/mol. The van der Waals surface area contributed by atoms with Gasteiger partial charge in [-0.2, -0.15) is 0 Å². The largest absolute Gasteiger partial charge is 0.480 e. The van der Waals surface area contributed by atoms with Crippen LogP contribution < -0.4 is 10.5 Å². The molecule has 0 radical (unpaired) electrons. The lowest BCUT2D eigenvalue weighted by atomic mass is 9.93. The molecule has 1 saturated heterocycles. The maximum absolute atomic E-state index is 12.4. The van der Waals surface area contributed by atoms with Crippen molar-refractivity contribution in [3.8, 4) is 5.88 Å². The van der Waals surface area contributed by atoms with Crippen molar-refractivity contribution in [3.63, 3.8) is 0 Å². The average molecular weight is 263 g/mol. The Morgan fingerprint density at radius 2 is 2.26 bits per heavy atom. The van der Waals surface area contributed by atoms with Gasteiger partial charge in [0.2, 0.25) is 5.88 Å². The van der Waals surface area contributed by atoms with Gasteiger partial charge in [-0.15, -0.1) is 0 Å². The predicted octanol–water partition coefficient (Wildman–Crippen LogP) is 1.29. The molecule has 1 aromatic heterocycles. The quantitative estimate of drug-likeness (QED) is 0.888. The first-order valence-electron chi connectivity index (χ1n) is 6.74. The maximum Gasteiger partial charge on any atom is 0.259 e. The zero-order chi connectivity index (χ0) is 13.7. The van der Waals surface area contributed by atoms with E-state index in [4.69, 9.17) is 10.5 Å². The van der Waals surface area contributed by atoms with E-state index in [1.54, 1.807) is 18.3 Å². The summed E-state index contributed by atoms with van der Waals surface area (Å²) in [5.41, 5.74) is 6.12. The highest BCUT2D eigenvalue weighted by molar-refractivity contribution is 5.96. The fourth-order valence-corrected chi connectivity index (χ4v) is 2.55. The summed E-state index contributed by atoms with van der Waals surface area (Å²) >= 11 is 0. The molecule has 5 nitrogen and oxygen atoms in total. The van der Waals surface area contributed by atoms with Crippen LogP contribution in [0.25, 0.3) is 0 Å². The number of ether oxygens (including phenoxy) is 1. The highest BCUT2D eigenvalue weighted by Crippen LogP contribution is 2.23. The molecule has 0 aliphatic carbocycles. The lowest BCUT2D eigenvalue weighted by Crippen LogP contribution is -2.39. The molecule has 2 N–H and O–H groups in total. The van der Waals surface area contributed by atoms with Gasteiger partial charge >= 0.3 is 0 Å². The average Bonchev–Trinajstić information content (AvgIpc) is 2.47. The van der Waals surface area contributed by atoms with Crippen LogP contribution in [0.1, 0.15) is 29.6 Å². The molecule has 0 atom stereocenters. The van der Waals surface area contributed by atoms with Crippen LogP contribution in [0.4, 0.5) is 0 Å². The number of methoxy groups -OCH3 is 1. The summed E-state index contributed by atoms with van der Waals surface area (Å²) in [6.45, 7) is 2.32. The molecule has 1 aliphatic rings. The van der Waals surface area contributed by atoms with E-state index in [1.165, 1.54) is 7.11 Å². The van der Waals surface area contributed by atoms with Crippen LogP contribution in [0.3, 0.4) is 0 Å². The number of carbonyl (C=O) groups is 1. The summed E-state index contributed by atoms with van der Waals surface area (Å²) in [6, 6.07) is 3.52. The van der Waals surface area contributed by atoms with Crippen molar-refractivity contribution in [1.82, 2.24) is 9.88 Å². The summed E-state index contributed by atoms with van der Waals surface area (Å²) in [4.78, 5) is 18.4. The standard InChI is InChI=1S/C14H21N3O2/c1-19-13-12(3-2-8-16-13)14(18)17-9-5-11(4-7-15)6-10-17/h2-3,8,11H,4-7,9-10,15H2,1H3. The third-order valence-corrected chi connectivity index (χ3v) is 3.67. The van der Waals surface area contributed by atoms with E-state index in [9.17, 15) is 4.79 Å². The van der Waals surface area contributed by atoms with Gasteiger partial charge in [0.1, 0.15) is 5.56 Å². The maximum atomic E-state index is 12.4. The Morgan fingerprint density at radius 3 is 2.89 bits per heavy atom. The van der Waals surface area contributed by atoms with Gasteiger partial charge < -0.3 is 15.4 Å². The van der Waals surface area contributed by atoms with E-state index in [1.807, 2.05) is 4.90 Å². The van der Waals surface area contributed by atoms with E-state index < -0.39 is 0 Å². The Bertz CT molecular complexity index is 428. The molecule has 1 aromatic rings. The van der Waals surface area contributed by atoms with Crippen molar-refractivity contribution in [2.75, 3.05) is 26.7 Å². The van der Waals surface area contributed by atoms with Crippen LogP contribution in [-0.4, -0.2) is 42.5 Å². The number of hydrogen-bond donors (Lipinski definition) is 1. The SMILES string of the molecule is COc1ncccc1C(=O)N1CCC(CCN)CC1. The van der Waals surface area contributed by atoms with Gasteiger partial charge in [-0.25, -0.2) is 4.98 Å². The third-order valence-electron chi connectivity index (χ3n) is 3.67. The summed E-state index contributed by atoms with van der Waals surface area (Å²) in [6.07, 6.45) is 4.75. The number of aromatic nitrogens is 1. The summed E-state index contributed by atoms with van der Waals surface area (Å²) in [5, 5.41) is 0. The molecule has 0 aromatic carbocycles. The zero-order valence-electron chi connectivity index (χ0n) is 11.3. The topological polar surface area (TPSA) is 68.5 Å². The van der Waals surface area contributed by atoms with Crippen LogP contribution in [0.2, 0.25) is 0 Å². The minimum absolute atomic E-state index is 0.0103. The Balaban J connectivity index is 2.01. The second kappa shape index (κ2) is 6.52. The number of pyridine rings is 1. The zero-order valence-corrected chi connectivity index (χ0v) is 11.3. The van der Waals surface area contributed by atoms with E-state index in [2.05, 4.69) is 4.98 Å². The molecule has 19 heavy (non-hydrogen) atoms. The Morgan fingerprint density at radius 1 is 1.53 bits per heavy atom. The van der Waals surface area contributed by atoms with E-state index in [0.717, 1.165) is 38.9 Å². The van der Waals surface area contributed by atoms with Crippen molar-refractivity contribution in [2.45, 2.75) is 19.3 Å². The van der Waals surface area contributed by atoms with Crippen molar-refractivity contribution in [1.29, 1.82) is 0 Å². The van der Waals surface area contributed by atoms with Crippen LogP contribution in [-0.2, 0) is 0 Å². The molecule has 2 heterocycles. The van der Waals surface area contributed by atoms with Gasteiger partial charge in [-0.05, 0) is 43.9 Å². The Kier molecular flexibility index (Phi) is 4.74. The van der Waals surface area contributed by atoms with Gasteiger partial charge in [0.15, 0.2) is 0 Å². The number of likely N-dealkylation sites (tertiary alicyclic amines) is 1. The van der Waals surface area contributed by atoms with Gasteiger partial charge in [0.05, 0.1) is 7.11 Å². The lowest BCUT2D eigenvalue weighted by molar-refractivity contribution is 0.0683. The van der Waals surface area contributed by atoms with E-state index in [0.29, 0.717) is 17.4 Å².